The number of likely N-dealkylation sites (N-methyl/N-ethyl adjacent to an activating group) is 1. The minimum atomic E-state index is -0.192. The molecule has 0 aromatic heterocycles. The van der Waals surface area contributed by atoms with Crippen molar-refractivity contribution in [2.45, 2.75) is 26.7 Å². The molecule has 0 radical (unpaired) electrons. The summed E-state index contributed by atoms with van der Waals surface area (Å²) in [5.74, 6) is 0.542. The lowest BCUT2D eigenvalue weighted by Crippen LogP contribution is -2.35. The summed E-state index contributed by atoms with van der Waals surface area (Å²) in [6.07, 6.45) is 0.991. The molecule has 5 nitrogen and oxygen atoms in total. The van der Waals surface area contributed by atoms with Crippen molar-refractivity contribution in [1.29, 1.82) is 0 Å². The molecule has 0 atom stereocenters. The molecular formula is C21H26N2O3. The molecule has 0 saturated heterocycles. The van der Waals surface area contributed by atoms with Crippen LogP contribution >= 0.6 is 0 Å². The van der Waals surface area contributed by atoms with Crippen molar-refractivity contribution in [1.82, 2.24) is 4.90 Å². The SMILES string of the molecule is COc1ccc(CCC(=O)N(C)CC(=O)Nc2c(C)cccc2C)cc1. The highest BCUT2D eigenvalue weighted by atomic mass is 16.5. The third-order valence-corrected chi connectivity index (χ3v) is 4.34. The fraction of sp³-hybridized carbons (Fsp3) is 0.333. The van der Waals surface area contributed by atoms with Crippen LogP contribution in [0.25, 0.3) is 0 Å². The number of hydrogen-bond donors (Lipinski definition) is 1. The van der Waals surface area contributed by atoms with E-state index in [1.54, 1.807) is 14.2 Å². The average Bonchev–Trinajstić information content (AvgIpc) is 2.63. The first-order chi connectivity index (χ1) is 12.4. The number of carbonyl (C=O) groups is 2. The standard InChI is InChI=1S/C21H26N2O3/c1-15-6-5-7-16(2)21(15)22-19(24)14-23(3)20(25)13-10-17-8-11-18(26-4)12-9-17/h5-9,11-12H,10,13-14H2,1-4H3,(H,22,24). The molecule has 26 heavy (non-hydrogen) atoms. The van der Waals surface area contributed by atoms with E-state index in [9.17, 15) is 9.59 Å². The van der Waals surface area contributed by atoms with Gasteiger partial charge in [-0.15, -0.1) is 0 Å². The maximum absolute atomic E-state index is 12.3. The predicted octanol–water partition coefficient (Wildman–Crippen LogP) is 3.34. The Labute approximate surface area is 155 Å². The van der Waals surface area contributed by atoms with Gasteiger partial charge in [-0.2, -0.15) is 0 Å². The van der Waals surface area contributed by atoms with Crippen molar-refractivity contribution in [3.05, 3.63) is 59.2 Å². The van der Waals surface area contributed by atoms with E-state index >= 15 is 0 Å². The highest BCUT2D eigenvalue weighted by Crippen LogP contribution is 2.19. The quantitative estimate of drug-likeness (QED) is 0.830. The molecule has 0 fully saturated rings. The van der Waals surface area contributed by atoms with Gasteiger partial charge in [0.05, 0.1) is 13.7 Å². The zero-order valence-electron chi connectivity index (χ0n) is 15.8. The van der Waals surface area contributed by atoms with E-state index in [0.29, 0.717) is 12.8 Å². The van der Waals surface area contributed by atoms with Gasteiger partial charge < -0.3 is 15.0 Å². The Kier molecular flexibility index (Phi) is 6.78. The molecule has 0 aliphatic heterocycles. The van der Waals surface area contributed by atoms with Gasteiger partial charge in [-0.1, -0.05) is 30.3 Å². The van der Waals surface area contributed by atoms with Gasteiger partial charge in [0.25, 0.3) is 0 Å². The molecular weight excluding hydrogens is 328 g/mol. The van der Waals surface area contributed by atoms with E-state index in [1.807, 2.05) is 56.3 Å². The molecule has 0 heterocycles. The predicted molar refractivity (Wildman–Crippen MR) is 103 cm³/mol. The molecule has 2 rings (SSSR count). The van der Waals surface area contributed by atoms with Crippen LogP contribution in [0.3, 0.4) is 0 Å². The number of hydrogen-bond acceptors (Lipinski definition) is 3. The van der Waals surface area contributed by atoms with Gasteiger partial charge in [-0.3, -0.25) is 9.59 Å². The molecule has 0 aliphatic rings. The summed E-state index contributed by atoms with van der Waals surface area (Å²) in [7, 11) is 3.28. The number of rotatable bonds is 7. The van der Waals surface area contributed by atoms with Gasteiger partial charge in [0.2, 0.25) is 11.8 Å². The lowest BCUT2D eigenvalue weighted by Gasteiger charge is -2.18. The van der Waals surface area contributed by atoms with Gasteiger partial charge in [0, 0.05) is 19.2 Å². The lowest BCUT2D eigenvalue weighted by molar-refractivity contribution is -0.133. The normalized spacial score (nSPS) is 10.3. The molecule has 2 aromatic rings. The lowest BCUT2D eigenvalue weighted by atomic mass is 10.1. The maximum Gasteiger partial charge on any atom is 0.243 e. The van der Waals surface area contributed by atoms with Crippen molar-refractivity contribution in [2.24, 2.45) is 0 Å². The summed E-state index contributed by atoms with van der Waals surface area (Å²) in [4.78, 5) is 26.0. The number of anilines is 1. The Bertz CT molecular complexity index is 749. The topological polar surface area (TPSA) is 58.6 Å². The number of nitrogens with one attached hydrogen (secondary N) is 1. The summed E-state index contributed by atoms with van der Waals surface area (Å²) >= 11 is 0. The summed E-state index contributed by atoms with van der Waals surface area (Å²) in [5, 5.41) is 2.90. The monoisotopic (exact) mass is 354 g/mol. The Hall–Kier alpha value is -2.82. The molecule has 0 unspecified atom stereocenters. The van der Waals surface area contributed by atoms with Gasteiger partial charge in [0.1, 0.15) is 5.75 Å². The van der Waals surface area contributed by atoms with Crippen molar-refractivity contribution < 1.29 is 14.3 Å². The largest absolute Gasteiger partial charge is 0.497 e. The molecule has 138 valence electrons. The summed E-state index contributed by atoms with van der Waals surface area (Å²) in [6.45, 7) is 3.94. The molecule has 2 aromatic carbocycles. The average molecular weight is 354 g/mol. The van der Waals surface area contributed by atoms with E-state index in [4.69, 9.17) is 4.74 Å². The smallest absolute Gasteiger partial charge is 0.243 e. The van der Waals surface area contributed by atoms with Crippen LogP contribution in [0.5, 0.6) is 5.75 Å². The molecule has 0 bridgehead atoms. The van der Waals surface area contributed by atoms with Crippen LogP contribution in [-0.2, 0) is 16.0 Å². The van der Waals surface area contributed by atoms with Crippen molar-refractivity contribution in [3.63, 3.8) is 0 Å². The number of methoxy groups -OCH3 is 1. The Morgan fingerprint density at radius 3 is 2.23 bits per heavy atom. The first-order valence-corrected chi connectivity index (χ1v) is 8.63. The number of ether oxygens (including phenoxy) is 1. The molecule has 0 spiro atoms. The van der Waals surface area contributed by atoms with Crippen LogP contribution in [0.4, 0.5) is 5.69 Å². The van der Waals surface area contributed by atoms with Crippen LogP contribution in [0.2, 0.25) is 0 Å². The molecule has 0 saturated carbocycles. The van der Waals surface area contributed by atoms with Gasteiger partial charge in [0.15, 0.2) is 0 Å². The summed E-state index contributed by atoms with van der Waals surface area (Å²) in [6, 6.07) is 13.5. The molecule has 0 aliphatic carbocycles. The van der Waals surface area contributed by atoms with Crippen LogP contribution < -0.4 is 10.1 Å². The Morgan fingerprint density at radius 1 is 1.04 bits per heavy atom. The number of benzene rings is 2. The second kappa shape index (κ2) is 9.04. The summed E-state index contributed by atoms with van der Waals surface area (Å²) < 4.78 is 5.12. The number of aryl methyl sites for hydroxylation is 3. The highest BCUT2D eigenvalue weighted by molar-refractivity contribution is 5.95. The van der Waals surface area contributed by atoms with Crippen molar-refractivity contribution >= 4 is 17.5 Å². The second-order valence-electron chi connectivity index (χ2n) is 6.41. The van der Waals surface area contributed by atoms with Crippen LogP contribution in [0, 0.1) is 13.8 Å². The van der Waals surface area contributed by atoms with Crippen LogP contribution in [0.15, 0.2) is 42.5 Å². The van der Waals surface area contributed by atoms with E-state index in [2.05, 4.69) is 5.32 Å². The molecule has 5 heteroatoms. The highest BCUT2D eigenvalue weighted by Gasteiger charge is 2.14. The van der Waals surface area contributed by atoms with Crippen molar-refractivity contribution in [3.8, 4) is 5.75 Å². The third kappa shape index (κ3) is 5.34. The number of para-hydroxylation sites is 1. The first kappa shape index (κ1) is 19.5. The van der Waals surface area contributed by atoms with Crippen molar-refractivity contribution in [2.75, 3.05) is 26.0 Å². The van der Waals surface area contributed by atoms with E-state index in [-0.39, 0.29) is 18.4 Å². The number of amides is 2. The fourth-order valence-electron chi connectivity index (χ4n) is 2.73. The van der Waals surface area contributed by atoms with E-state index in [1.165, 1.54) is 4.90 Å². The van der Waals surface area contributed by atoms with Crippen LogP contribution in [-0.4, -0.2) is 37.4 Å². The Balaban J connectivity index is 1.84. The van der Waals surface area contributed by atoms with Gasteiger partial charge in [-0.25, -0.2) is 0 Å². The third-order valence-electron chi connectivity index (χ3n) is 4.34. The number of nitrogens with zero attached hydrogens (tertiary/aromatic N) is 1. The summed E-state index contributed by atoms with van der Waals surface area (Å²) in [5.41, 5.74) is 3.89. The Morgan fingerprint density at radius 2 is 1.65 bits per heavy atom. The molecule has 2 amide bonds. The van der Waals surface area contributed by atoms with E-state index in [0.717, 1.165) is 28.1 Å². The number of carbonyl (C=O) groups excluding carboxylic acids is 2. The molecule has 1 N–H and O–H groups in total. The van der Waals surface area contributed by atoms with E-state index < -0.39 is 0 Å². The van der Waals surface area contributed by atoms with Crippen LogP contribution in [0.1, 0.15) is 23.1 Å². The zero-order chi connectivity index (χ0) is 19.1. The minimum absolute atomic E-state index is 0.0369. The maximum atomic E-state index is 12.3. The minimum Gasteiger partial charge on any atom is -0.497 e. The fourth-order valence-corrected chi connectivity index (χ4v) is 2.73. The second-order valence-corrected chi connectivity index (χ2v) is 6.41. The zero-order valence-corrected chi connectivity index (χ0v) is 15.8. The van der Waals surface area contributed by atoms with Gasteiger partial charge in [-0.05, 0) is 49.1 Å². The van der Waals surface area contributed by atoms with Gasteiger partial charge >= 0.3 is 0 Å². The first-order valence-electron chi connectivity index (χ1n) is 8.63.